The molecule has 1 aliphatic rings. The number of nitrogens with zero attached hydrogens (tertiary/aromatic N) is 1. The molecule has 98 valence electrons. The van der Waals surface area contributed by atoms with Gasteiger partial charge in [-0.3, -0.25) is 0 Å². The Morgan fingerprint density at radius 3 is 2.89 bits per heavy atom. The van der Waals surface area contributed by atoms with Crippen molar-refractivity contribution in [3.05, 3.63) is 28.2 Å². The molecule has 0 amide bonds. The van der Waals surface area contributed by atoms with Gasteiger partial charge in [0.1, 0.15) is 5.69 Å². The zero-order valence-corrected chi connectivity index (χ0v) is 10.7. The molecule has 8 heteroatoms. The molecule has 1 aromatic carbocycles. The van der Waals surface area contributed by atoms with Gasteiger partial charge >= 0.3 is 5.97 Å². The van der Waals surface area contributed by atoms with Crippen LogP contribution in [0, 0.1) is 5.82 Å². The summed E-state index contributed by atoms with van der Waals surface area (Å²) in [7, 11) is 0. The Kier molecular flexibility index (Phi) is 2.67. The molecule has 19 heavy (non-hydrogen) atoms. The van der Waals surface area contributed by atoms with Crippen LogP contribution in [0.15, 0.2) is 21.1 Å². The molecule has 0 saturated heterocycles. The highest BCUT2D eigenvalue weighted by molar-refractivity contribution is 9.10. The van der Waals surface area contributed by atoms with Gasteiger partial charge in [-0.25, -0.2) is 9.18 Å². The lowest BCUT2D eigenvalue weighted by molar-refractivity contribution is 0.0652. The predicted octanol–water partition coefficient (Wildman–Crippen LogP) is 2.67. The normalized spacial score (nSPS) is 12.7. The van der Waals surface area contributed by atoms with Crippen LogP contribution in [0.25, 0.3) is 11.3 Å². The Balaban J connectivity index is 2.14. The minimum atomic E-state index is -1.28. The van der Waals surface area contributed by atoms with Gasteiger partial charge in [-0.2, -0.15) is 0 Å². The Morgan fingerprint density at radius 1 is 1.42 bits per heavy atom. The monoisotopic (exact) mass is 329 g/mol. The number of aromatic carboxylic acids is 1. The number of ether oxygens (including phenoxy) is 2. The number of benzene rings is 1. The first kappa shape index (κ1) is 12.0. The van der Waals surface area contributed by atoms with Crippen LogP contribution in [0.2, 0.25) is 0 Å². The molecule has 1 N–H and O–H groups in total. The highest BCUT2D eigenvalue weighted by Crippen LogP contribution is 2.44. The lowest BCUT2D eigenvalue weighted by Gasteiger charge is -2.04. The molecule has 0 atom stereocenters. The fourth-order valence-electron chi connectivity index (χ4n) is 1.67. The molecule has 0 saturated carbocycles. The van der Waals surface area contributed by atoms with Crippen LogP contribution >= 0.6 is 15.9 Å². The van der Waals surface area contributed by atoms with E-state index in [0.717, 1.165) is 6.07 Å². The number of hydrogen-bond donors (Lipinski definition) is 1. The van der Waals surface area contributed by atoms with Gasteiger partial charge in [-0.15, -0.1) is 0 Å². The molecule has 0 fully saturated rings. The second kappa shape index (κ2) is 4.23. The third kappa shape index (κ3) is 1.84. The van der Waals surface area contributed by atoms with Crippen LogP contribution in [0.5, 0.6) is 11.5 Å². The summed E-state index contributed by atoms with van der Waals surface area (Å²) >= 11 is 3.06. The summed E-state index contributed by atoms with van der Waals surface area (Å²) in [5, 5.41) is 12.3. The van der Waals surface area contributed by atoms with Gasteiger partial charge in [0, 0.05) is 11.6 Å². The number of aromatic nitrogens is 1. The van der Waals surface area contributed by atoms with E-state index in [0.29, 0.717) is 5.75 Å². The van der Waals surface area contributed by atoms with E-state index in [1.165, 1.54) is 6.07 Å². The summed E-state index contributed by atoms with van der Waals surface area (Å²) in [6, 6.07) is 2.52. The summed E-state index contributed by atoms with van der Waals surface area (Å²) in [5.74, 6) is -1.66. The van der Waals surface area contributed by atoms with Crippen molar-refractivity contribution in [2.75, 3.05) is 6.79 Å². The smallest absolute Gasteiger partial charge is 0.374 e. The van der Waals surface area contributed by atoms with Gasteiger partial charge < -0.3 is 19.1 Å². The zero-order chi connectivity index (χ0) is 13.6. The van der Waals surface area contributed by atoms with E-state index in [1.807, 2.05) is 0 Å². The molecule has 1 aromatic heterocycles. The van der Waals surface area contributed by atoms with Gasteiger partial charge in [-0.1, -0.05) is 5.16 Å². The quantitative estimate of drug-likeness (QED) is 0.912. The number of carbonyl (C=O) groups is 1. The maximum Gasteiger partial charge on any atom is 0.374 e. The maximum absolute atomic E-state index is 14.1. The van der Waals surface area contributed by atoms with Crippen LogP contribution in [0.1, 0.15) is 10.6 Å². The maximum atomic E-state index is 14.1. The average molecular weight is 330 g/mol. The predicted molar refractivity (Wildman–Crippen MR) is 62.7 cm³/mol. The van der Waals surface area contributed by atoms with Crippen molar-refractivity contribution in [1.82, 2.24) is 5.16 Å². The van der Waals surface area contributed by atoms with Crippen LogP contribution in [-0.2, 0) is 0 Å². The third-order valence-electron chi connectivity index (χ3n) is 2.54. The Hall–Kier alpha value is -2.09. The van der Waals surface area contributed by atoms with Gasteiger partial charge in [0.2, 0.25) is 12.6 Å². The van der Waals surface area contributed by atoms with Gasteiger partial charge in [0.15, 0.2) is 17.3 Å². The van der Waals surface area contributed by atoms with Crippen LogP contribution in [-0.4, -0.2) is 23.0 Å². The number of carboxylic acids is 1. The van der Waals surface area contributed by atoms with Gasteiger partial charge in [-0.05, 0) is 22.0 Å². The van der Waals surface area contributed by atoms with Crippen LogP contribution in [0.3, 0.4) is 0 Å². The SMILES string of the molecule is O=C(O)c1cc(-c2cc3c(c(Br)c2F)OCO3)no1. The van der Waals surface area contributed by atoms with Crippen LogP contribution < -0.4 is 9.47 Å². The van der Waals surface area contributed by atoms with Crippen molar-refractivity contribution in [3.63, 3.8) is 0 Å². The molecule has 0 radical (unpaired) electrons. The first-order chi connectivity index (χ1) is 9.08. The summed E-state index contributed by atoms with van der Waals surface area (Å²) in [6.45, 7) is -0.00395. The number of rotatable bonds is 2. The second-order valence-electron chi connectivity index (χ2n) is 3.67. The van der Waals surface area contributed by atoms with Crippen molar-refractivity contribution < 1.29 is 28.3 Å². The van der Waals surface area contributed by atoms with Gasteiger partial charge in [0.05, 0.1) is 4.47 Å². The number of fused-ring (bicyclic) bond motifs is 1. The van der Waals surface area contributed by atoms with E-state index >= 15 is 0 Å². The van der Waals surface area contributed by atoms with Gasteiger partial charge in [0.25, 0.3) is 0 Å². The molecule has 0 unspecified atom stereocenters. The van der Waals surface area contributed by atoms with Crippen molar-refractivity contribution >= 4 is 21.9 Å². The Labute approximate surface area is 113 Å². The lowest BCUT2D eigenvalue weighted by atomic mass is 10.1. The van der Waals surface area contributed by atoms with Crippen molar-refractivity contribution in [2.45, 2.75) is 0 Å². The molecule has 6 nitrogen and oxygen atoms in total. The zero-order valence-electron chi connectivity index (χ0n) is 9.15. The molecule has 0 aliphatic carbocycles. The summed E-state index contributed by atoms with van der Waals surface area (Å²) in [5.41, 5.74) is 0.126. The largest absolute Gasteiger partial charge is 0.475 e. The minimum absolute atomic E-state index is 0.00395. The summed E-state index contributed by atoms with van der Waals surface area (Å²) in [4.78, 5) is 10.7. The highest BCUT2D eigenvalue weighted by atomic mass is 79.9. The number of carboxylic acid groups (broad SMARTS) is 1. The molecule has 1 aliphatic heterocycles. The molecule has 0 bridgehead atoms. The van der Waals surface area contributed by atoms with E-state index in [-0.39, 0.29) is 34.0 Å². The van der Waals surface area contributed by atoms with E-state index in [4.69, 9.17) is 14.6 Å². The Bertz CT molecular complexity index is 684. The summed E-state index contributed by atoms with van der Waals surface area (Å²) < 4.78 is 29.1. The second-order valence-corrected chi connectivity index (χ2v) is 4.46. The fraction of sp³-hybridized carbons (Fsp3) is 0.0909. The van der Waals surface area contributed by atoms with E-state index in [9.17, 15) is 9.18 Å². The first-order valence-corrected chi connectivity index (χ1v) is 5.85. The minimum Gasteiger partial charge on any atom is -0.475 e. The first-order valence-electron chi connectivity index (χ1n) is 5.06. The molecule has 0 spiro atoms. The van der Waals surface area contributed by atoms with Crippen molar-refractivity contribution in [3.8, 4) is 22.8 Å². The summed E-state index contributed by atoms with van der Waals surface area (Å²) in [6.07, 6.45) is 0. The number of hydrogen-bond acceptors (Lipinski definition) is 5. The van der Waals surface area contributed by atoms with Crippen molar-refractivity contribution in [1.29, 1.82) is 0 Å². The van der Waals surface area contributed by atoms with E-state index < -0.39 is 11.8 Å². The molecule has 3 rings (SSSR count). The number of halogens is 2. The van der Waals surface area contributed by atoms with E-state index in [1.54, 1.807) is 0 Å². The standard InChI is InChI=1S/C11H5BrFNO5/c12-8-9(13)4(1-6-10(8)18-3-17-6)5-2-7(11(15)16)19-14-5/h1-2H,3H2,(H,15,16). The van der Waals surface area contributed by atoms with E-state index in [2.05, 4.69) is 25.6 Å². The highest BCUT2D eigenvalue weighted by Gasteiger charge is 2.25. The topological polar surface area (TPSA) is 81.8 Å². The molecule has 2 heterocycles. The molecule has 2 aromatic rings. The van der Waals surface area contributed by atoms with Crippen LogP contribution in [0.4, 0.5) is 4.39 Å². The third-order valence-corrected chi connectivity index (χ3v) is 3.25. The average Bonchev–Trinajstić information content (AvgIpc) is 3.01. The molecular formula is C11H5BrFNO5. The fourth-order valence-corrected chi connectivity index (χ4v) is 2.19. The Morgan fingerprint density at radius 2 is 2.21 bits per heavy atom. The molecular weight excluding hydrogens is 325 g/mol. The van der Waals surface area contributed by atoms with Crippen molar-refractivity contribution in [2.24, 2.45) is 0 Å². The lowest BCUT2D eigenvalue weighted by Crippen LogP contribution is -1.93.